The number of aryl methyl sites for hydroxylation is 1. The van der Waals surface area contributed by atoms with Crippen molar-refractivity contribution in [3.8, 4) is 11.5 Å². The molecule has 0 fully saturated rings. The van der Waals surface area contributed by atoms with Gasteiger partial charge in [-0.3, -0.25) is 20.1 Å². The molecule has 33 heavy (non-hydrogen) atoms. The number of rotatable bonds is 8. The van der Waals surface area contributed by atoms with Gasteiger partial charge in [-0.25, -0.2) is 4.79 Å². The second kappa shape index (κ2) is 10.3. The molecule has 0 bridgehead atoms. The molecule has 172 valence electrons. The van der Waals surface area contributed by atoms with Crippen LogP contribution in [0.2, 0.25) is 5.02 Å². The number of esters is 1. The molecule has 3 aromatic rings. The van der Waals surface area contributed by atoms with Crippen LogP contribution in [0.3, 0.4) is 0 Å². The van der Waals surface area contributed by atoms with Crippen molar-refractivity contribution < 1.29 is 32.4 Å². The molecule has 0 aliphatic heterocycles. The zero-order chi connectivity index (χ0) is 24.0. The first-order valence-electron chi connectivity index (χ1n) is 9.40. The first-order valence-corrected chi connectivity index (χ1v) is 9.78. The Morgan fingerprint density at radius 1 is 1.15 bits per heavy atom. The van der Waals surface area contributed by atoms with E-state index in [4.69, 9.17) is 21.1 Å². The minimum Gasteiger partial charge on any atom is -0.462 e. The summed E-state index contributed by atoms with van der Waals surface area (Å²) in [5.41, 5.74) is -1.16. The smallest absolute Gasteiger partial charge is 0.416 e. The van der Waals surface area contributed by atoms with Crippen LogP contribution in [0.25, 0.3) is 0 Å². The zero-order valence-corrected chi connectivity index (χ0v) is 17.5. The van der Waals surface area contributed by atoms with Crippen molar-refractivity contribution in [3.63, 3.8) is 0 Å². The van der Waals surface area contributed by atoms with Crippen LogP contribution in [-0.4, -0.2) is 27.5 Å². The first kappa shape index (κ1) is 23.9. The third kappa shape index (κ3) is 6.39. The monoisotopic (exact) mass is 481 g/mol. The maximum Gasteiger partial charge on any atom is 0.416 e. The Morgan fingerprint density at radius 2 is 1.94 bits per heavy atom. The Hall–Kier alpha value is -3.73. The third-order valence-electron chi connectivity index (χ3n) is 4.30. The lowest BCUT2D eigenvalue weighted by atomic mass is 10.1. The molecule has 0 unspecified atom stereocenters. The number of halogens is 4. The fourth-order valence-corrected chi connectivity index (χ4v) is 2.96. The highest BCUT2D eigenvalue weighted by atomic mass is 35.5. The highest BCUT2D eigenvalue weighted by molar-refractivity contribution is 6.32. The number of hydrogen-bond donors (Lipinski definition) is 0. The number of aromatic nitrogens is 2. The van der Waals surface area contributed by atoms with E-state index in [1.54, 1.807) is 6.20 Å². The summed E-state index contributed by atoms with van der Waals surface area (Å²) >= 11 is 5.87. The van der Waals surface area contributed by atoms with Gasteiger partial charge in [-0.15, -0.1) is 0 Å². The number of hydrogen-bond acceptors (Lipinski definition) is 7. The van der Waals surface area contributed by atoms with Crippen LogP contribution < -0.4 is 4.74 Å². The number of carbonyl (C=O) groups excluding carboxylic acids is 1. The molecule has 3 rings (SSSR count). The van der Waals surface area contributed by atoms with E-state index in [0.29, 0.717) is 24.6 Å². The molecule has 0 spiro atoms. The molecule has 0 N–H and O–H groups in total. The van der Waals surface area contributed by atoms with Gasteiger partial charge in [-0.1, -0.05) is 11.6 Å². The number of nitrogens with zero attached hydrogens (tertiary/aromatic N) is 3. The van der Waals surface area contributed by atoms with E-state index in [1.165, 1.54) is 18.5 Å². The number of nitro groups is 1. The van der Waals surface area contributed by atoms with E-state index in [0.717, 1.165) is 24.3 Å². The summed E-state index contributed by atoms with van der Waals surface area (Å²) in [5, 5.41) is 11.0. The third-order valence-corrected chi connectivity index (χ3v) is 4.59. The van der Waals surface area contributed by atoms with Gasteiger partial charge >= 0.3 is 12.1 Å². The van der Waals surface area contributed by atoms with Gasteiger partial charge in [0.1, 0.15) is 17.1 Å². The molecule has 0 aliphatic rings. The number of nitro benzene ring substituents is 1. The second-order valence-electron chi connectivity index (χ2n) is 6.62. The minimum absolute atomic E-state index is 0.0254. The largest absolute Gasteiger partial charge is 0.462 e. The van der Waals surface area contributed by atoms with E-state index >= 15 is 0 Å². The van der Waals surface area contributed by atoms with E-state index in [2.05, 4.69) is 9.97 Å². The molecule has 0 saturated carbocycles. The molecule has 8 nitrogen and oxygen atoms in total. The topological polar surface area (TPSA) is 104 Å². The summed E-state index contributed by atoms with van der Waals surface area (Å²) in [6.45, 7) is -0.0254. The molecule has 1 aromatic heterocycles. The first-order chi connectivity index (χ1) is 15.6. The van der Waals surface area contributed by atoms with E-state index in [1.807, 2.05) is 0 Å². The fraction of sp³-hybridized carbons (Fsp3) is 0.190. The molecule has 1 heterocycles. The van der Waals surface area contributed by atoms with Crippen molar-refractivity contribution in [2.75, 3.05) is 6.61 Å². The molecule has 12 heteroatoms. The fourth-order valence-electron chi connectivity index (χ4n) is 2.74. The number of benzene rings is 2. The predicted molar refractivity (Wildman–Crippen MR) is 110 cm³/mol. The SMILES string of the molecule is O=C(OCCCc1cnccn1)c1cc(Oc2ccc(C(F)(F)F)cc2Cl)ccc1[N+](=O)[O-]. The van der Waals surface area contributed by atoms with Crippen LogP contribution in [0.1, 0.15) is 28.0 Å². The standard InChI is InChI=1S/C21H15ClF3N3O5/c22-17-10-13(21(23,24)25)3-6-19(17)33-15-4-5-18(28(30)31)16(11-15)20(29)32-9-1-2-14-12-26-7-8-27-14/h3-8,10-12H,1-2,9H2. The van der Waals surface area contributed by atoms with Crippen LogP contribution in [0, 0.1) is 10.1 Å². The summed E-state index contributed by atoms with van der Waals surface area (Å²) in [4.78, 5) is 31.0. The molecule has 0 amide bonds. The van der Waals surface area contributed by atoms with Crippen LogP contribution in [0.5, 0.6) is 11.5 Å². The van der Waals surface area contributed by atoms with Crippen molar-refractivity contribution in [3.05, 3.63) is 86.9 Å². The van der Waals surface area contributed by atoms with E-state index in [-0.39, 0.29) is 28.7 Å². The van der Waals surface area contributed by atoms with Gasteiger partial charge in [0.15, 0.2) is 0 Å². The average Bonchev–Trinajstić information content (AvgIpc) is 2.77. The van der Waals surface area contributed by atoms with E-state index < -0.39 is 28.3 Å². The number of carbonyl (C=O) groups is 1. The average molecular weight is 482 g/mol. The van der Waals surface area contributed by atoms with Crippen LogP contribution >= 0.6 is 11.6 Å². The number of alkyl halides is 3. The molecule has 0 radical (unpaired) electrons. The lowest BCUT2D eigenvalue weighted by molar-refractivity contribution is -0.385. The van der Waals surface area contributed by atoms with Crippen LogP contribution in [-0.2, 0) is 17.3 Å². The van der Waals surface area contributed by atoms with Crippen molar-refractivity contribution in [2.45, 2.75) is 19.0 Å². The highest BCUT2D eigenvalue weighted by Gasteiger charge is 2.31. The lowest BCUT2D eigenvalue weighted by Crippen LogP contribution is -2.10. The predicted octanol–water partition coefficient (Wildman–Crippen LogP) is 5.64. The van der Waals surface area contributed by atoms with E-state index in [9.17, 15) is 28.1 Å². The van der Waals surface area contributed by atoms with Crippen molar-refractivity contribution >= 4 is 23.3 Å². The Labute approximate surface area is 190 Å². The second-order valence-corrected chi connectivity index (χ2v) is 7.02. The Morgan fingerprint density at radius 3 is 2.58 bits per heavy atom. The number of ether oxygens (including phenoxy) is 2. The highest BCUT2D eigenvalue weighted by Crippen LogP contribution is 2.37. The summed E-state index contributed by atoms with van der Waals surface area (Å²) < 4.78 is 48.9. The molecule has 0 aliphatic carbocycles. The maximum absolute atomic E-state index is 12.8. The quantitative estimate of drug-likeness (QED) is 0.177. The Balaban J connectivity index is 1.72. The summed E-state index contributed by atoms with van der Waals surface area (Å²) in [5.74, 6) is -1.12. The van der Waals surface area contributed by atoms with Gasteiger partial charge in [0, 0.05) is 30.7 Å². The van der Waals surface area contributed by atoms with Crippen molar-refractivity contribution in [2.24, 2.45) is 0 Å². The Bertz CT molecular complexity index is 1160. The molecule has 0 atom stereocenters. The van der Waals surface area contributed by atoms with Crippen molar-refractivity contribution in [1.82, 2.24) is 9.97 Å². The van der Waals surface area contributed by atoms with Gasteiger partial charge in [-0.2, -0.15) is 13.2 Å². The molecule has 2 aromatic carbocycles. The maximum atomic E-state index is 12.8. The van der Waals surface area contributed by atoms with Crippen LogP contribution in [0.15, 0.2) is 55.0 Å². The van der Waals surface area contributed by atoms with Gasteiger partial charge < -0.3 is 9.47 Å². The molecular formula is C21H15ClF3N3O5. The van der Waals surface area contributed by atoms with Crippen molar-refractivity contribution in [1.29, 1.82) is 0 Å². The van der Waals surface area contributed by atoms with Gasteiger partial charge in [0.25, 0.3) is 5.69 Å². The summed E-state index contributed by atoms with van der Waals surface area (Å²) in [7, 11) is 0. The molecular weight excluding hydrogens is 467 g/mol. The Kier molecular flexibility index (Phi) is 7.44. The van der Waals surface area contributed by atoms with Gasteiger partial charge in [0.05, 0.1) is 27.8 Å². The zero-order valence-electron chi connectivity index (χ0n) is 16.7. The molecule has 0 saturated heterocycles. The normalized spacial score (nSPS) is 11.2. The van der Waals surface area contributed by atoms with Gasteiger partial charge in [-0.05, 0) is 37.1 Å². The minimum atomic E-state index is -4.58. The summed E-state index contributed by atoms with van der Waals surface area (Å²) in [6, 6.07) is 5.77. The lowest BCUT2D eigenvalue weighted by Gasteiger charge is -2.12. The van der Waals surface area contributed by atoms with Gasteiger partial charge in [0.2, 0.25) is 0 Å². The summed E-state index contributed by atoms with van der Waals surface area (Å²) in [6.07, 6.45) is 0.933. The van der Waals surface area contributed by atoms with Crippen LogP contribution in [0.4, 0.5) is 18.9 Å².